The van der Waals surface area contributed by atoms with Crippen LogP contribution in [0.2, 0.25) is 0 Å². The number of pyridine rings is 1. The molecule has 1 aromatic heterocycles. The number of primary sulfonamides is 1. The number of hydrogen-bond donors (Lipinski definition) is 2. The van der Waals surface area contributed by atoms with Crippen LogP contribution in [-0.2, 0) is 10.0 Å². The molecule has 1 heterocycles. The molecule has 0 spiro atoms. The van der Waals surface area contributed by atoms with Gasteiger partial charge in [0.25, 0.3) is 27.7 Å². The minimum Gasteiger partial charge on any atom is -0.311 e. The van der Waals surface area contributed by atoms with Crippen LogP contribution in [0, 0.1) is 10.1 Å². The first-order valence-electron chi connectivity index (χ1n) is 3.87. The number of nitro groups is 1. The van der Waals surface area contributed by atoms with Crippen LogP contribution >= 0.6 is 0 Å². The third-order valence-corrected chi connectivity index (χ3v) is 2.58. The van der Waals surface area contributed by atoms with Gasteiger partial charge in [0.1, 0.15) is 0 Å². The molecule has 8 nitrogen and oxygen atoms in total. The van der Waals surface area contributed by atoms with Gasteiger partial charge in [0.15, 0.2) is 10.6 Å². The number of nitrogens with zero attached hydrogens (tertiary/aromatic N) is 1. The molecule has 3 N–H and O–H groups in total. The van der Waals surface area contributed by atoms with Crippen LogP contribution < -0.4 is 10.7 Å². The van der Waals surface area contributed by atoms with Gasteiger partial charge in [0.2, 0.25) is 0 Å². The second-order valence-electron chi connectivity index (χ2n) is 2.86. The second-order valence-corrected chi connectivity index (χ2v) is 4.39. The van der Waals surface area contributed by atoms with Gasteiger partial charge >= 0.3 is 0 Å². The molecule has 0 aliphatic carbocycles. The molecule has 0 saturated heterocycles. The molecule has 0 fully saturated rings. The van der Waals surface area contributed by atoms with Gasteiger partial charge in [0, 0.05) is 0 Å². The number of H-pyrrole nitrogens is 1. The van der Waals surface area contributed by atoms with Crippen molar-refractivity contribution in [3.63, 3.8) is 0 Å². The van der Waals surface area contributed by atoms with Gasteiger partial charge < -0.3 is 4.98 Å². The van der Waals surface area contributed by atoms with Crippen LogP contribution in [0.15, 0.2) is 15.9 Å². The average molecular weight is 269 g/mol. The van der Waals surface area contributed by atoms with Crippen molar-refractivity contribution < 1.29 is 22.1 Å². The number of hydrogen-bond acceptors (Lipinski definition) is 5. The van der Waals surface area contributed by atoms with E-state index in [9.17, 15) is 32.1 Å². The summed E-state index contributed by atoms with van der Waals surface area (Å²) in [4.78, 5) is 21.8. The smallest absolute Gasteiger partial charge is 0.286 e. The summed E-state index contributed by atoms with van der Waals surface area (Å²) in [5.74, 6) is 0. The lowest BCUT2D eigenvalue weighted by atomic mass is 10.2. The van der Waals surface area contributed by atoms with E-state index in [1.54, 1.807) is 0 Å². The van der Waals surface area contributed by atoms with Crippen molar-refractivity contribution in [1.82, 2.24) is 4.98 Å². The van der Waals surface area contributed by atoms with Crippen LogP contribution in [0.5, 0.6) is 0 Å². The van der Waals surface area contributed by atoms with E-state index in [4.69, 9.17) is 0 Å². The van der Waals surface area contributed by atoms with Crippen molar-refractivity contribution in [3.05, 3.63) is 32.1 Å². The number of rotatable bonds is 3. The summed E-state index contributed by atoms with van der Waals surface area (Å²) in [7, 11) is -4.43. The van der Waals surface area contributed by atoms with Gasteiger partial charge in [0.05, 0.1) is 11.0 Å². The van der Waals surface area contributed by atoms with E-state index < -0.39 is 43.2 Å². The molecular formula is C6H5F2N3O5S. The molecule has 0 amide bonds. The third kappa shape index (κ3) is 2.62. The maximum Gasteiger partial charge on any atom is 0.286 e. The lowest BCUT2D eigenvalue weighted by Gasteiger charge is -2.03. The zero-order valence-corrected chi connectivity index (χ0v) is 8.70. The van der Waals surface area contributed by atoms with E-state index in [-0.39, 0.29) is 6.07 Å². The van der Waals surface area contributed by atoms with Gasteiger partial charge in [-0.05, 0) is 0 Å². The topological polar surface area (TPSA) is 136 Å². The van der Waals surface area contributed by atoms with Gasteiger partial charge in [-0.2, -0.15) is 0 Å². The molecule has 1 rings (SSSR count). The third-order valence-electron chi connectivity index (χ3n) is 1.75. The molecule has 0 saturated carbocycles. The van der Waals surface area contributed by atoms with Crippen molar-refractivity contribution in [2.45, 2.75) is 11.5 Å². The molecule has 0 bridgehead atoms. The Labute approximate surface area is 92.3 Å². The Morgan fingerprint density at radius 2 is 2.00 bits per heavy atom. The fourth-order valence-corrected chi connectivity index (χ4v) is 1.56. The molecular weight excluding hydrogens is 264 g/mol. The van der Waals surface area contributed by atoms with E-state index in [1.807, 2.05) is 0 Å². The Bertz CT molecular complexity index is 623. The van der Waals surface area contributed by atoms with E-state index in [1.165, 1.54) is 4.98 Å². The van der Waals surface area contributed by atoms with E-state index in [0.717, 1.165) is 0 Å². The number of nitrogens with two attached hydrogens (primary N) is 1. The first-order valence-corrected chi connectivity index (χ1v) is 5.41. The Morgan fingerprint density at radius 1 is 1.47 bits per heavy atom. The Kier molecular flexibility index (Phi) is 3.24. The lowest BCUT2D eigenvalue weighted by molar-refractivity contribution is -0.386. The van der Waals surface area contributed by atoms with Crippen LogP contribution in [-0.4, -0.2) is 18.3 Å². The highest BCUT2D eigenvalue weighted by Gasteiger charge is 2.28. The summed E-state index contributed by atoms with van der Waals surface area (Å²) >= 11 is 0. The number of aromatic nitrogens is 1. The predicted octanol–water partition coefficient (Wildman–Crippen LogP) is -0.132. The highest BCUT2D eigenvalue weighted by molar-refractivity contribution is 7.89. The first-order chi connectivity index (χ1) is 7.64. The SMILES string of the molecule is NS(=O)(=O)c1cc([N+](=O)[O-])c(C(F)F)c(=O)[nH]1. The van der Waals surface area contributed by atoms with Crippen LogP contribution in [0.25, 0.3) is 0 Å². The largest absolute Gasteiger partial charge is 0.311 e. The molecule has 1 aromatic rings. The summed E-state index contributed by atoms with van der Waals surface area (Å²) in [6, 6.07) is 0.276. The predicted molar refractivity (Wildman–Crippen MR) is 50.0 cm³/mol. The summed E-state index contributed by atoms with van der Waals surface area (Å²) < 4.78 is 46.4. The molecule has 11 heteroatoms. The van der Waals surface area contributed by atoms with E-state index in [0.29, 0.717) is 0 Å². The second kappa shape index (κ2) is 4.18. The maximum absolute atomic E-state index is 12.4. The number of sulfonamides is 1. The van der Waals surface area contributed by atoms with E-state index >= 15 is 0 Å². The van der Waals surface area contributed by atoms with Gasteiger partial charge in [-0.25, -0.2) is 22.3 Å². The normalized spacial score (nSPS) is 11.8. The molecule has 0 radical (unpaired) electrons. The molecule has 17 heavy (non-hydrogen) atoms. The standard InChI is InChI=1S/C6H5F2N3O5S/c7-5(8)4-2(11(13)14)1-3(10-6(4)12)17(9,15)16/h1,5H,(H,10,12)(H2,9,15,16). The number of nitrogens with one attached hydrogen (secondary N) is 1. The molecule has 0 unspecified atom stereocenters. The Hall–Kier alpha value is -1.88. The summed E-state index contributed by atoms with van der Waals surface area (Å²) in [6.07, 6.45) is -3.41. The van der Waals surface area contributed by atoms with Crippen molar-refractivity contribution in [3.8, 4) is 0 Å². The van der Waals surface area contributed by atoms with Crippen molar-refractivity contribution in [1.29, 1.82) is 0 Å². The summed E-state index contributed by atoms with van der Waals surface area (Å²) in [5.41, 5.74) is -4.28. The Morgan fingerprint density at radius 3 is 2.35 bits per heavy atom. The first kappa shape index (κ1) is 13.2. The number of alkyl halides is 2. The van der Waals surface area contributed by atoms with Crippen molar-refractivity contribution >= 4 is 15.7 Å². The summed E-state index contributed by atoms with van der Waals surface area (Å²) in [6.45, 7) is 0. The number of halogens is 2. The zero-order valence-electron chi connectivity index (χ0n) is 7.88. The minimum absolute atomic E-state index is 0.276. The van der Waals surface area contributed by atoms with Crippen LogP contribution in [0.1, 0.15) is 12.0 Å². The monoisotopic (exact) mass is 269 g/mol. The van der Waals surface area contributed by atoms with Crippen molar-refractivity contribution in [2.24, 2.45) is 5.14 Å². The quantitative estimate of drug-likeness (QED) is 0.581. The highest BCUT2D eigenvalue weighted by atomic mass is 32.2. The van der Waals surface area contributed by atoms with Gasteiger partial charge in [-0.3, -0.25) is 14.9 Å². The molecule has 0 aliphatic rings. The fraction of sp³-hybridized carbons (Fsp3) is 0.167. The Balaban J connectivity index is 3.71. The highest BCUT2D eigenvalue weighted by Crippen LogP contribution is 2.26. The van der Waals surface area contributed by atoms with Crippen LogP contribution in [0.4, 0.5) is 14.5 Å². The fourth-order valence-electron chi connectivity index (χ4n) is 1.05. The molecule has 94 valence electrons. The zero-order chi connectivity index (χ0) is 13.4. The van der Waals surface area contributed by atoms with Gasteiger partial charge in [-0.15, -0.1) is 0 Å². The average Bonchev–Trinajstić information content (AvgIpc) is 2.13. The summed E-state index contributed by atoms with van der Waals surface area (Å²) in [5, 5.41) is 14.1. The maximum atomic E-state index is 12.4. The van der Waals surface area contributed by atoms with E-state index in [2.05, 4.69) is 5.14 Å². The molecule has 0 atom stereocenters. The van der Waals surface area contributed by atoms with Crippen molar-refractivity contribution in [2.75, 3.05) is 0 Å². The van der Waals surface area contributed by atoms with Crippen LogP contribution in [0.3, 0.4) is 0 Å². The van der Waals surface area contributed by atoms with Gasteiger partial charge in [-0.1, -0.05) is 0 Å². The lowest BCUT2D eigenvalue weighted by Crippen LogP contribution is -2.22. The molecule has 0 aromatic carbocycles. The molecule has 0 aliphatic heterocycles. The minimum atomic E-state index is -4.43. The number of aromatic amines is 1.